The number of nitrogens with one attached hydrogen (secondary N) is 1. The van der Waals surface area contributed by atoms with Gasteiger partial charge < -0.3 is 5.11 Å². The van der Waals surface area contributed by atoms with E-state index in [0.29, 0.717) is 5.75 Å². The van der Waals surface area contributed by atoms with Crippen molar-refractivity contribution in [3.63, 3.8) is 0 Å². The number of carbonyl (C=O) groups is 1. The fraction of sp³-hybridized carbons (Fsp3) is 0.556. The highest BCUT2D eigenvalue weighted by Crippen LogP contribution is 2.32. The highest BCUT2D eigenvalue weighted by molar-refractivity contribution is 7.99. The van der Waals surface area contributed by atoms with Crippen molar-refractivity contribution in [2.24, 2.45) is 0 Å². The maximum absolute atomic E-state index is 10.7. The molecule has 1 aliphatic rings. The van der Waals surface area contributed by atoms with Gasteiger partial charge in [0.1, 0.15) is 6.04 Å². The van der Waals surface area contributed by atoms with E-state index in [-0.39, 0.29) is 5.37 Å². The Morgan fingerprint density at radius 3 is 3.20 bits per heavy atom. The van der Waals surface area contributed by atoms with Gasteiger partial charge in [0, 0.05) is 24.1 Å². The summed E-state index contributed by atoms with van der Waals surface area (Å²) < 4.78 is 1.84. The molecule has 1 saturated heterocycles. The lowest BCUT2D eigenvalue weighted by atomic mass is 10.3. The molecule has 0 spiro atoms. The standard InChI is InChI=1S/C9H13N3O2S/c1-2-12-4-6(3-10-12)8-11-7(5-15-8)9(13)14/h3-4,7-8,11H,2,5H2,1H3,(H,13,14)/t7-,8?/m1/s1. The minimum atomic E-state index is -0.784. The molecule has 6 heteroatoms. The van der Waals surface area contributed by atoms with E-state index in [1.165, 1.54) is 0 Å². The fourth-order valence-corrected chi connectivity index (χ4v) is 2.69. The van der Waals surface area contributed by atoms with Crippen molar-refractivity contribution in [3.8, 4) is 0 Å². The number of thioether (sulfide) groups is 1. The van der Waals surface area contributed by atoms with Crippen LogP contribution < -0.4 is 5.32 Å². The second-order valence-electron chi connectivity index (χ2n) is 3.40. The molecule has 0 bridgehead atoms. The second kappa shape index (κ2) is 4.24. The Labute approximate surface area is 91.9 Å². The van der Waals surface area contributed by atoms with Crippen LogP contribution in [0.15, 0.2) is 12.4 Å². The van der Waals surface area contributed by atoms with Gasteiger partial charge >= 0.3 is 5.97 Å². The Kier molecular flexibility index (Phi) is 2.97. The van der Waals surface area contributed by atoms with Gasteiger partial charge in [-0.25, -0.2) is 0 Å². The van der Waals surface area contributed by atoms with Crippen molar-refractivity contribution in [1.82, 2.24) is 15.1 Å². The van der Waals surface area contributed by atoms with Gasteiger partial charge in [-0.3, -0.25) is 14.8 Å². The van der Waals surface area contributed by atoms with Gasteiger partial charge in [-0.1, -0.05) is 0 Å². The topological polar surface area (TPSA) is 67.2 Å². The summed E-state index contributed by atoms with van der Waals surface area (Å²) in [7, 11) is 0. The summed E-state index contributed by atoms with van der Waals surface area (Å²) in [5.74, 6) is -0.176. The lowest BCUT2D eigenvalue weighted by Crippen LogP contribution is -2.33. The zero-order chi connectivity index (χ0) is 10.8. The Morgan fingerprint density at radius 2 is 2.67 bits per heavy atom. The summed E-state index contributed by atoms with van der Waals surface area (Å²) in [5, 5.41) is 16.1. The second-order valence-corrected chi connectivity index (χ2v) is 4.54. The van der Waals surface area contributed by atoms with Crippen molar-refractivity contribution < 1.29 is 9.90 Å². The van der Waals surface area contributed by atoms with Crippen molar-refractivity contribution in [2.45, 2.75) is 24.9 Å². The molecule has 0 radical (unpaired) electrons. The van der Waals surface area contributed by atoms with Crippen LogP contribution >= 0.6 is 11.8 Å². The third kappa shape index (κ3) is 2.15. The van der Waals surface area contributed by atoms with Crippen molar-refractivity contribution in [2.75, 3.05) is 5.75 Å². The van der Waals surface area contributed by atoms with Gasteiger partial charge in [0.2, 0.25) is 0 Å². The average molecular weight is 227 g/mol. The molecule has 0 aliphatic carbocycles. The van der Waals surface area contributed by atoms with E-state index in [2.05, 4.69) is 10.4 Å². The number of hydrogen-bond acceptors (Lipinski definition) is 4. The number of hydrogen-bond donors (Lipinski definition) is 2. The van der Waals surface area contributed by atoms with Crippen LogP contribution in [0.25, 0.3) is 0 Å². The number of carboxylic acids is 1. The van der Waals surface area contributed by atoms with E-state index < -0.39 is 12.0 Å². The Balaban J connectivity index is 2.04. The zero-order valence-corrected chi connectivity index (χ0v) is 9.20. The monoisotopic (exact) mass is 227 g/mol. The third-order valence-electron chi connectivity index (χ3n) is 2.36. The van der Waals surface area contributed by atoms with E-state index in [0.717, 1.165) is 12.1 Å². The first kappa shape index (κ1) is 10.5. The molecule has 0 aromatic carbocycles. The van der Waals surface area contributed by atoms with E-state index >= 15 is 0 Å². The van der Waals surface area contributed by atoms with Crippen LogP contribution in [0.2, 0.25) is 0 Å². The number of aryl methyl sites for hydroxylation is 1. The smallest absolute Gasteiger partial charge is 0.321 e. The van der Waals surface area contributed by atoms with E-state index in [4.69, 9.17) is 5.11 Å². The molecule has 1 aromatic rings. The summed E-state index contributed by atoms with van der Waals surface area (Å²) in [4.78, 5) is 10.7. The summed E-state index contributed by atoms with van der Waals surface area (Å²) in [6, 6.07) is -0.440. The predicted molar refractivity (Wildman–Crippen MR) is 57.7 cm³/mol. The van der Waals surface area contributed by atoms with Gasteiger partial charge in [0.25, 0.3) is 0 Å². The molecule has 5 nitrogen and oxygen atoms in total. The predicted octanol–water partition coefficient (Wildman–Crippen LogP) is 0.691. The summed E-state index contributed by atoms with van der Waals surface area (Å²) in [6.07, 6.45) is 3.74. The summed E-state index contributed by atoms with van der Waals surface area (Å²) >= 11 is 1.61. The van der Waals surface area contributed by atoms with Gasteiger partial charge in [0.15, 0.2) is 0 Å². The minimum Gasteiger partial charge on any atom is -0.480 e. The maximum atomic E-state index is 10.7. The normalized spacial score (nSPS) is 25.7. The van der Waals surface area contributed by atoms with Crippen molar-refractivity contribution in [3.05, 3.63) is 18.0 Å². The number of rotatable bonds is 3. The molecule has 2 atom stereocenters. The Hall–Kier alpha value is -1.01. The summed E-state index contributed by atoms with van der Waals surface area (Å²) in [5.41, 5.74) is 1.05. The minimum absolute atomic E-state index is 0.0615. The van der Waals surface area contributed by atoms with Crippen LogP contribution in [-0.2, 0) is 11.3 Å². The maximum Gasteiger partial charge on any atom is 0.321 e. The SMILES string of the molecule is CCn1cc(C2N[C@@H](C(=O)O)CS2)cn1. The first-order valence-electron chi connectivity index (χ1n) is 4.83. The molecule has 1 aliphatic heterocycles. The lowest BCUT2D eigenvalue weighted by molar-refractivity contribution is -0.138. The number of aliphatic carboxylic acids is 1. The molecular weight excluding hydrogens is 214 g/mol. The first-order chi connectivity index (χ1) is 7.20. The van der Waals surface area contributed by atoms with E-state index in [1.54, 1.807) is 18.0 Å². The van der Waals surface area contributed by atoms with Gasteiger partial charge in [-0.2, -0.15) is 5.10 Å². The number of nitrogens with zero attached hydrogens (tertiary/aromatic N) is 2. The Morgan fingerprint density at radius 1 is 1.87 bits per heavy atom. The molecule has 15 heavy (non-hydrogen) atoms. The Bertz CT molecular complexity index is 366. The van der Waals surface area contributed by atoms with Gasteiger partial charge in [-0.15, -0.1) is 11.8 Å². The molecule has 1 aromatic heterocycles. The molecular formula is C9H13N3O2S. The molecule has 2 N–H and O–H groups in total. The summed E-state index contributed by atoms with van der Waals surface area (Å²) in [6.45, 7) is 2.85. The number of aromatic nitrogens is 2. The van der Waals surface area contributed by atoms with Crippen molar-refractivity contribution >= 4 is 17.7 Å². The van der Waals surface area contributed by atoms with Crippen LogP contribution in [0.3, 0.4) is 0 Å². The van der Waals surface area contributed by atoms with Crippen LogP contribution in [-0.4, -0.2) is 32.7 Å². The highest BCUT2D eigenvalue weighted by Gasteiger charge is 2.30. The fourth-order valence-electron chi connectivity index (χ4n) is 1.49. The van der Waals surface area contributed by atoms with Crippen LogP contribution in [0, 0.1) is 0 Å². The van der Waals surface area contributed by atoms with Crippen LogP contribution in [0.1, 0.15) is 17.9 Å². The largest absolute Gasteiger partial charge is 0.480 e. The van der Waals surface area contributed by atoms with Gasteiger partial charge in [0.05, 0.1) is 11.6 Å². The van der Waals surface area contributed by atoms with Gasteiger partial charge in [-0.05, 0) is 6.92 Å². The third-order valence-corrected chi connectivity index (χ3v) is 3.63. The average Bonchev–Trinajstić information content (AvgIpc) is 2.86. The molecule has 1 fully saturated rings. The molecule has 2 rings (SSSR count). The highest BCUT2D eigenvalue weighted by atomic mass is 32.2. The first-order valence-corrected chi connectivity index (χ1v) is 5.88. The quantitative estimate of drug-likeness (QED) is 0.795. The van der Waals surface area contributed by atoms with Crippen LogP contribution in [0.4, 0.5) is 0 Å². The van der Waals surface area contributed by atoms with Crippen molar-refractivity contribution in [1.29, 1.82) is 0 Å². The van der Waals surface area contributed by atoms with E-state index in [1.807, 2.05) is 17.8 Å². The molecule has 82 valence electrons. The zero-order valence-electron chi connectivity index (χ0n) is 8.38. The molecule has 2 heterocycles. The molecule has 0 amide bonds. The molecule has 0 saturated carbocycles. The molecule has 1 unspecified atom stereocenters. The van der Waals surface area contributed by atoms with E-state index in [9.17, 15) is 4.79 Å². The number of carboxylic acid groups (broad SMARTS) is 1. The lowest BCUT2D eigenvalue weighted by Gasteiger charge is -2.07. The van der Waals surface area contributed by atoms with Crippen LogP contribution in [0.5, 0.6) is 0 Å².